The van der Waals surface area contributed by atoms with E-state index in [1.807, 2.05) is 42.9 Å². The molecule has 3 rings (SSSR count). The summed E-state index contributed by atoms with van der Waals surface area (Å²) in [6.45, 7) is 0. The number of nitrogens with zero attached hydrogens (tertiary/aromatic N) is 2. The van der Waals surface area contributed by atoms with Crippen LogP contribution in [0.2, 0.25) is 0 Å². The van der Waals surface area contributed by atoms with Crippen LogP contribution in [0.4, 0.5) is 5.69 Å². The van der Waals surface area contributed by atoms with Gasteiger partial charge in [-0.05, 0) is 29.6 Å². The minimum atomic E-state index is 0.919. The Bertz CT molecular complexity index is 647. The monoisotopic (exact) mass is 241 g/mol. The van der Waals surface area contributed by atoms with Crippen LogP contribution < -0.4 is 5.32 Å². The minimum absolute atomic E-state index is 0.919. The third-order valence-corrected chi connectivity index (χ3v) is 3.50. The molecule has 0 fully saturated rings. The minimum Gasteiger partial charge on any atom is -0.388 e. The van der Waals surface area contributed by atoms with Crippen LogP contribution in [0.1, 0.15) is 0 Å². The zero-order chi connectivity index (χ0) is 11.7. The summed E-state index contributed by atoms with van der Waals surface area (Å²) in [5.41, 5.74) is 3.82. The van der Waals surface area contributed by atoms with Gasteiger partial charge in [-0.25, -0.2) is 4.98 Å². The van der Waals surface area contributed by atoms with Crippen LogP contribution in [-0.4, -0.2) is 17.0 Å². The molecule has 1 N–H and O–H groups in total. The molecule has 0 unspecified atom stereocenters. The van der Waals surface area contributed by atoms with Crippen LogP contribution in [-0.2, 0) is 0 Å². The zero-order valence-electron chi connectivity index (χ0n) is 9.34. The van der Waals surface area contributed by atoms with Crippen molar-refractivity contribution in [1.82, 2.24) is 9.97 Å². The Morgan fingerprint density at radius 1 is 1.18 bits per heavy atom. The Morgan fingerprint density at radius 2 is 2.12 bits per heavy atom. The highest BCUT2D eigenvalue weighted by molar-refractivity contribution is 7.13. The van der Waals surface area contributed by atoms with Crippen LogP contribution in [0.15, 0.2) is 41.9 Å². The Balaban J connectivity index is 2.17. The summed E-state index contributed by atoms with van der Waals surface area (Å²) in [5, 5.41) is 5.16. The lowest BCUT2D eigenvalue weighted by atomic mass is 10.2. The molecule has 3 nitrogen and oxygen atoms in total. The Labute approximate surface area is 103 Å². The Hall–Kier alpha value is -1.94. The Morgan fingerprint density at radius 3 is 2.88 bits per heavy atom. The van der Waals surface area contributed by atoms with Crippen LogP contribution in [0.5, 0.6) is 0 Å². The van der Waals surface area contributed by atoms with Gasteiger partial charge in [0, 0.05) is 12.7 Å². The largest absolute Gasteiger partial charge is 0.388 e. The van der Waals surface area contributed by atoms with Crippen molar-refractivity contribution >= 4 is 28.1 Å². The van der Waals surface area contributed by atoms with Gasteiger partial charge in [0.25, 0.3) is 0 Å². The van der Waals surface area contributed by atoms with E-state index in [4.69, 9.17) is 0 Å². The lowest BCUT2D eigenvalue weighted by Gasteiger charge is -2.03. The van der Waals surface area contributed by atoms with Gasteiger partial charge in [-0.1, -0.05) is 6.07 Å². The van der Waals surface area contributed by atoms with Crippen LogP contribution in [0.3, 0.4) is 0 Å². The second-order valence-corrected chi connectivity index (χ2v) is 4.63. The maximum atomic E-state index is 4.63. The fourth-order valence-corrected chi connectivity index (χ4v) is 2.39. The number of benzene rings is 1. The summed E-state index contributed by atoms with van der Waals surface area (Å²) in [6, 6.07) is 10.1. The van der Waals surface area contributed by atoms with Crippen molar-refractivity contribution < 1.29 is 0 Å². The number of thiophene rings is 1. The van der Waals surface area contributed by atoms with Crippen molar-refractivity contribution in [2.45, 2.75) is 0 Å². The molecular formula is C13H11N3S. The molecule has 1 aromatic carbocycles. The standard InChI is InChI=1S/C13H11N3S/c1-14-9-4-5-10-11(7-9)16-12(8-15-10)13-3-2-6-17-13/h2-8,14H,1H3. The van der Waals surface area contributed by atoms with E-state index < -0.39 is 0 Å². The van der Waals surface area contributed by atoms with Gasteiger partial charge in [0.1, 0.15) is 0 Å². The molecule has 2 heterocycles. The molecule has 4 heteroatoms. The maximum absolute atomic E-state index is 4.63. The second-order valence-electron chi connectivity index (χ2n) is 3.69. The molecular weight excluding hydrogens is 230 g/mol. The van der Waals surface area contributed by atoms with Crippen molar-refractivity contribution in [3.05, 3.63) is 41.9 Å². The predicted molar refractivity (Wildman–Crippen MR) is 72.4 cm³/mol. The first-order chi connectivity index (χ1) is 8.36. The van der Waals surface area contributed by atoms with Gasteiger partial charge >= 0.3 is 0 Å². The van der Waals surface area contributed by atoms with Crippen molar-refractivity contribution in [2.24, 2.45) is 0 Å². The first-order valence-electron chi connectivity index (χ1n) is 5.35. The average molecular weight is 241 g/mol. The van der Waals surface area contributed by atoms with Crippen LogP contribution in [0, 0.1) is 0 Å². The van der Waals surface area contributed by atoms with E-state index in [2.05, 4.69) is 21.4 Å². The molecule has 0 aliphatic carbocycles. The van der Waals surface area contributed by atoms with E-state index >= 15 is 0 Å². The number of hydrogen-bond acceptors (Lipinski definition) is 4. The van der Waals surface area contributed by atoms with E-state index in [0.29, 0.717) is 0 Å². The molecule has 0 atom stereocenters. The first-order valence-corrected chi connectivity index (χ1v) is 6.23. The normalized spacial score (nSPS) is 10.6. The van der Waals surface area contributed by atoms with Gasteiger partial charge in [0.2, 0.25) is 0 Å². The highest BCUT2D eigenvalue weighted by atomic mass is 32.1. The Kier molecular flexibility index (Phi) is 2.49. The van der Waals surface area contributed by atoms with Crippen LogP contribution >= 0.6 is 11.3 Å². The van der Waals surface area contributed by atoms with Gasteiger partial charge in [0.05, 0.1) is 27.8 Å². The number of anilines is 1. The third kappa shape index (κ3) is 1.87. The SMILES string of the molecule is CNc1ccc2ncc(-c3cccs3)nc2c1. The highest BCUT2D eigenvalue weighted by Gasteiger charge is 2.03. The molecule has 2 aromatic heterocycles. The summed E-state index contributed by atoms with van der Waals surface area (Å²) in [4.78, 5) is 10.2. The molecule has 17 heavy (non-hydrogen) atoms. The van der Waals surface area contributed by atoms with Gasteiger partial charge in [0.15, 0.2) is 0 Å². The van der Waals surface area contributed by atoms with Gasteiger partial charge in [-0.2, -0.15) is 0 Å². The summed E-state index contributed by atoms with van der Waals surface area (Å²) in [5.74, 6) is 0. The number of hydrogen-bond donors (Lipinski definition) is 1. The fourth-order valence-electron chi connectivity index (χ4n) is 1.71. The van der Waals surface area contributed by atoms with E-state index in [1.54, 1.807) is 11.3 Å². The molecule has 0 aliphatic heterocycles. The zero-order valence-corrected chi connectivity index (χ0v) is 10.2. The van der Waals surface area contributed by atoms with E-state index in [1.165, 1.54) is 0 Å². The van der Waals surface area contributed by atoms with Crippen molar-refractivity contribution in [2.75, 3.05) is 12.4 Å². The smallest absolute Gasteiger partial charge is 0.0992 e. The maximum Gasteiger partial charge on any atom is 0.0992 e. The summed E-state index contributed by atoms with van der Waals surface area (Å²) in [7, 11) is 1.90. The van der Waals surface area contributed by atoms with E-state index in [-0.39, 0.29) is 0 Å². The molecule has 0 saturated heterocycles. The molecule has 0 amide bonds. The average Bonchev–Trinajstić information content (AvgIpc) is 2.91. The van der Waals surface area contributed by atoms with E-state index in [9.17, 15) is 0 Å². The predicted octanol–water partition coefficient (Wildman–Crippen LogP) is 3.40. The van der Waals surface area contributed by atoms with Gasteiger partial charge in [-0.15, -0.1) is 11.3 Å². The molecule has 0 radical (unpaired) electrons. The number of aromatic nitrogens is 2. The second kappa shape index (κ2) is 4.14. The van der Waals surface area contributed by atoms with Gasteiger partial charge in [-0.3, -0.25) is 4.98 Å². The number of nitrogens with one attached hydrogen (secondary N) is 1. The first kappa shape index (κ1) is 10.2. The molecule has 3 aromatic rings. The van der Waals surface area contributed by atoms with Crippen LogP contribution in [0.25, 0.3) is 21.6 Å². The third-order valence-electron chi connectivity index (χ3n) is 2.60. The number of fused-ring (bicyclic) bond motifs is 1. The fraction of sp³-hybridized carbons (Fsp3) is 0.0769. The molecule has 0 spiro atoms. The molecule has 0 aliphatic rings. The lowest BCUT2D eigenvalue weighted by Crippen LogP contribution is -1.91. The van der Waals surface area contributed by atoms with Crippen molar-refractivity contribution in [3.63, 3.8) is 0 Å². The van der Waals surface area contributed by atoms with E-state index in [0.717, 1.165) is 27.3 Å². The topological polar surface area (TPSA) is 37.8 Å². The molecule has 0 bridgehead atoms. The lowest BCUT2D eigenvalue weighted by molar-refractivity contribution is 1.30. The number of rotatable bonds is 2. The molecule has 84 valence electrons. The summed E-state index contributed by atoms with van der Waals surface area (Å²) < 4.78 is 0. The molecule has 0 saturated carbocycles. The summed E-state index contributed by atoms with van der Waals surface area (Å²) in [6.07, 6.45) is 1.83. The van der Waals surface area contributed by atoms with Crippen molar-refractivity contribution in [3.8, 4) is 10.6 Å². The highest BCUT2D eigenvalue weighted by Crippen LogP contribution is 2.24. The van der Waals surface area contributed by atoms with Crippen molar-refractivity contribution in [1.29, 1.82) is 0 Å². The summed E-state index contributed by atoms with van der Waals surface area (Å²) >= 11 is 1.68. The van der Waals surface area contributed by atoms with Gasteiger partial charge < -0.3 is 5.32 Å². The quantitative estimate of drug-likeness (QED) is 0.747.